The minimum atomic E-state index is -0.502. The molecule has 0 radical (unpaired) electrons. The predicted octanol–water partition coefficient (Wildman–Crippen LogP) is 0.814. The molecule has 4 rings (SSSR count). The summed E-state index contributed by atoms with van der Waals surface area (Å²) >= 11 is 0. The van der Waals surface area contributed by atoms with E-state index in [2.05, 4.69) is 0 Å². The number of aliphatic hydroxyl groups is 1. The molecule has 0 amide bonds. The number of rotatable bonds is 1. The van der Waals surface area contributed by atoms with Crippen LogP contribution in [0, 0.1) is 0 Å². The molecule has 2 saturated heterocycles. The first kappa shape index (κ1) is 8.28. The Morgan fingerprint density at radius 1 is 1.27 bits per heavy atom. The summed E-state index contributed by atoms with van der Waals surface area (Å²) in [5.41, 5.74) is 0.339. The second kappa shape index (κ2) is 2.26. The van der Waals surface area contributed by atoms with Crippen molar-refractivity contribution in [3.63, 3.8) is 0 Å². The molecule has 3 heteroatoms. The van der Waals surface area contributed by atoms with Gasteiger partial charge in [0.1, 0.15) is 17.3 Å². The highest BCUT2D eigenvalue weighted by Crippen LogP contribution is 2.64. The Morgan fingerprint density at radius 2 is 2.00 bits per heavy atom. The first-order valence-corrected chi connectivity index (χ1v) is 5.33. The van der Waals surface area contributed by atoms with E-state index in [1.54, 1.807) is 0 Å². The van der Waals surface area contributed by atoms with Crippen LogP contribution >= 0.6 is 0 Å². The third kappa shape index (κ3) is 0.830. The van der Waals surface area contributed by atoms with Crippen LogP contribution in [-0.4, -0.2) is 29.5 Å². The van der Waals surface area contributed by atoms with Gasteiger partial charge in [-0.15, -0.1) is 0 Å². The second-order valence-electron chi connectivity index (χ2n) is 4.73. The van der Waals surface area contributed by atoms with Gasteiger partial charge in [-0.3, -0.25) is 0 Å². The van der Waals surface area contributed by atoms with Gasteiger partial charge in [0.05, 0.1) is 12.7 Å². The Morgan fingerprint density at radius 3 is 2.60 bits per heavy atom. The number of hydrogen-bond acceptors (Lipinski definition) is 3. The summed E-state index contributed by atoms with van der Waals surface area (Å²) in [5.74, 6) is 0. The average Bonchev–Trinajstić information content (AvgIpc) is 3.16. The van der Waals surface area contributed by atoms with E-state index in [0.717, 1.165) is 12.0 Å². The quantitative estimate of drug-likeness (QED) is 0.689. The van der Waals surface area contributed by atoms with E-state index in [1.165, 1.54) is 0 Å². The van der Waals surface area contributed by atoms with Gasteiger partial charge in [-0.25, -0.2) is 0 Å². The molecule has 0 bridgehead atoms. The van der Waals surface area contributed by atoms with Gasteiger partial charge < -0.3 is 14.6 Å². The summed E-state index contributed by atoms with van der Waals surface area (Å²) in [4.78, 5) is 0. The van der Waals surface area contributed by atoms with Crippen LogP contribution in [0.1, 0.15) is 12.0 Å². The Labute approximate surface area is 87.6 Å². The topological polar surface area (TPSA) is 45.3 Å². The highest BCUT2D eigenvalue weighted by atomic mass is 16.7. The number of hydrogen-bond donors (Lipinski definition) is 1. The number of aliphatic hydroxyl groups excluding tert-OH is 1. The fourth-order valence-electron chi connectivity index (χ4n) is 2.93. The first-order valence-electron chi connectivity index (χ1n) is 5.33. The van der Waals surface area contributed by atoms with Crippen LogP contribution in [0.4, 0.5) is 0 Å². The van der Waals surface area contributed by atoms with E-state index in [0.29, 0.717) is 6.61 Å². The van der Waals surface area contributed by atoms with Crippen LogP contribution in [-0.2, 0) is 15.1 Å². The van der Waals surface area contributed by atoms with Gasteiger partial charge >= 0.3 is 0 Å². The molecule has 1 aliphatic carbocycles. The van der Waals surface area contributed by atoms with Crippen molar-refractivity contribution < 1.29 is 14.6 Å². The van der Waals surface area contributed by atoms with E-state index >= 15 is 0 Å². The molecule has 3 aliphatic rings. The van der Waals surface area contributed by atoms with E-state index in [9.17, 15) is 5.11 Å². The summed E-state index contributed by atoms with van der Waals surface area (Å²) in [6, 6.07) is 9.97. The molecule has 0 unspecified atom stereocenters. The monoisotopic (exact) mass is 204 g/mol. The maximum Gasteiger partial charge on any atom is 0.148 e. The maximum atomic E-state index is 10.3. The van der Waals surface area contributed by atoms with Gasteiger partial charge in [-0.2, -0.15) is 0 Å². The molecule has 1 N–H and O–H groups in total. The van der Waals surface area contributed by atoms with Crippen molar-refractivity contribution in [1.82, 2.24) is 0 Å². The van der Waals surface area contributed by atoms with E-state index < -0.39 is 11.7 Å². The molecule has 3 fully saturated rings. The van der Waals surface area contributed by atoms with Gasteiger partial charge in [0.15, 0.2) is 0 Å². The van der Waals surface area contributed by atoms with Crippen molar-refractivity contribution in [2.75, 3.05) is 6.61 Å². The number of ether oxygens (including phenoxy) is 2. The van der Waals surface area contributed by atoms with Crippen molar-refractivity contribution in [1.29, 1.82) is 0 Å². The molecule has 2 heterocycles. The molecule has 78 valence electrons. The lowest BCUT2D eigenvalue weighted by Crippen LogP contribution is -2.36. The van der Waals surface area contributed by atoms with E-state index in [-0.39, 0.29) is 11.7 Å². The van der Waals surface area contributed by atoms with Crippen LogP contribution in [0.25, 0.3) is 0 Å². The number of benzene rings is 1. The molecular weight excluding hydrogens is 192 g/mol. The smallest absolute Gasteiger partial charge is 0.148 e. The lowest BCUT2D eigenvalue weighted by molar-refractivity contribution is 0.00375. The van der Waals surface area contributed by atoms with Crippen molar-refractivity contribution >= 4 is 0 Å². The Bertz CT molecular complexity index is 412. The predicted molar refractivity (Wildman–Crippen MR) is 52.3 cm³/mol. The molecular formula is C12H12O3. The zero-order chi connectivity index (χ0) is 10.1. The SMILES string of the molecule is O[C@H]1[C@]2(CO2)C[C@H]2O[C@@]21c1ccccc1. The third-order valence-corrected chi connectivity index (χ3v) is 3.93. The standard InChI is InChI=1S/C12H12O3/c13-10-11(7-14-11)6-9-12(10,15-9)8-4-2-1-3-5-8/h1-5,9-10,13H,6-7H2/t9-,10+,11-,12+/m1/s1. The number of epoxide rings is 2. The minimum absolute atomic E-state index is 0.150. The van der Waals surface area contributed by atoms with Gasteiger partial charge in [0.2, 0.25) is 0 Å². The lowest BCUT2D eigenvalue weighted by Gasteiger charge is -2.19. The molecule has 1 spiro atoms. The average molecular weight is 204 g/mol. The van der Waals surface area contributed by atoms with Crippen LogP contribution in [0.3, 0.4) is 0 Å². The minimum Gasteiger partial charge on any atom is -0.386 e. The maximum absolute atomic E-state index is 10.3. The lowest BCUT2D eigenvalue weighted by atomic mass is 9.92. The van der Waals surface area contributed by atoms with Crippen LogP contribution in [0.5, 0.6) is 0 Å². The Kier molecular flexibility index (Phi) is 1.25. The van der Waals surface area contributed by atoms with Crippen molar-refractivity contribution in [2.45, 2.75) is 29.8 Å². The molecule has 2 aliphatic heterocycles. The molecule has 0 aromatic heterocycles. The Hall–Kier alpha value is -0.900. The van der Waals surface area contributed by atoms with Crippen LogP contribution in [0.2, 0.25) is 0 Å². The molecule has 3 nitrogen and oxygen atoms in total. The zero-order valence-corrected chi connectivity index (χ0v) is 8.22. The summed E-state index contributed by atoms with van der Waals surface area (Å²) < 4.78 is 11.1. The summed E-state index contributed by atoms with van der Waals surface area (Å²) in [6.07, 6.45) is 0.484. The summed E-state index contributed by atoms with van der Waals surface area (Å²) in [7, 11) is 0. The third-order valence-electron chi connectivity index (χ3n) is 3.93. The first-order chi connectivity index (χ1) is 7.28. The van der Waals surface area contributed by atoms with Crippen molar-refractivity contribution in [2.24, 2.45) is 0 Å². The van der Waals surface area contributed by atoms with E-state index in [4.69, 9.17) is 9.47 Å². The highest BCUT2D eigenvalue weighted by Gasteiger charge is 2.79. The molecule has 1 aromatic carbocycles. The summed E-state index contributed by atoms with van der Waals surface area (Å²) in [5, 5.41) is 10.3. The van der Waals surface area contributed by atoms with Crippen LogP contribution < -0.4 is 0 Å². The van der Waals surface area contributed by atoms with Crippen LogP contribution in [0.15, 0.2) is 30.3 Å². The molecule has 4 atom stereocenters. The zero-order valence-electron chi connectivity index (χ0n) is 8.22. The van der Waals surface area contributed by atoms with Gasteiger partial charge in [-0.05, 0) is 5.56 Å². The normalized spacial score (nSPS) is 50.5. The molecule has 15 heavy (non-hydrogen) atoms. The molecule has 1 aromatic rings. The molecule has 1 saturated carbocycles. The van der Waals surface area contributed by atoms with Gasteiger partial charge in [0.25, 0.3) is 0 Å². The fraction of sp³-hybridized carbons (Fsp3) is 0.500. The summed E-state index contributed by atoms with van der Waals surface area (Å²) in [6.45, 7) is 0.683. The Balaban J connectivity index is 1.79. The number of fused-ring (bicyclic) bond motifs is 1. The van der Waals surface area contributed by atoms with Gasteiger partial charge in [-0.1, -0.05) is 30.3 Å². The van der Waals surface area contributed by atoms with Gasteiger partial charge in [0, 0.05) is 6.42 Å². The second-order valence-corrected chi connectivity index (χ2v) is 4.73. The van der Waals surface area contributed by atoms with Crippen molar-refractivity contribution in [3.8, 4) is 0 Å². The van der Waals surface area contributed by atoms with Crippen molar-refractivity contribution in [3.05, 3.63) is 35.9 Å². The fourth-order valence-corrected chi connectivity index (χ4v) is 2.93. The highest BCUT2D eigenvalue weighted by molar-refractivity contribution is 5.38. The largest absolute Gasteiger partial charge is 0.386 e. The van der Waals surface area contributed by atoms with E-state index in [1.807, 2.05) is 30.3 Å².